The van der Waals surface area contributed by atoms with E-state index in [1.807, 2.05) is 26.1 Å². The van der Waals surface area contributed by atoms with Gasteiger partial charge in [-0.2, -0.15) is 5.10 Å². The fraction of sp³-hybridized carbons (Fsp3) is 0.350. The Morgan fingerprint density at radius 1 is 1.21 bits per heavy atom. The molecule has 3 aromatic rings. The molecular weight excluding hydrogens is 433 g/mol. The number of hydrogen-bond acceptors (Lipinski definition) is 4. The zero-order valence-corrected chi connectivity index (χ0v) is 18.7. The minimum absolute atomic E-state index is 0. The molecule has 0 aliphatic carbocycles. The molecule has 0 radical (unpaired) electrons. The first-order valence-corrected chi connectivity index (χ1v) is 9.52. The summed E-state index contributed by atoms with van der Waals surface area (Å²) in [5, 5.41) is 4.91. The second kappa shape index (κ2) is 9.76. The van der Waals surface area contributed by atoms with Crippen molar-refractivity contribution in [3.05, 3.63) is 58.1 Å². The molecule has 3 heterocycles. The second-order valence-corrected chi connectivity index (χ2v) is 7.38. The lowest BCUT2D eigenvalue weighted by Crippen LogP contribution is -2.19. The lowest BCUT2D eigenvalue weighted by Gasteiger charge is -2.11. The lowest BCUT2D eigenvalue weighted by molar-refractivity contribution is 0.103. The Morgan fingerprint density at radius 2 is 1.90 bits per heavy atom. The number of carbonyl (C=O) groups is 1. The van der Waals surface area contributed by atoms with Gasteiger partial charge in [-0.1, -0.05) is 23.7 Å². The number of likely N-dealkylation sites (tertiary alicyclic amines) is 1. The van der Waals surface area contributed by atoms with Crippen LogP contribution in [0.2, 0.25) is 5.02 Å². The Hall–Kier alpha value is -1.86. The molecule has 1 aromatic carbocycles. The number of carbonyl (C=O) groups excluding carboxylic acids is 1. The standard InChI is InChI=1S/C20H22ClN5O.2ClH/c1-13-18(20(27)14-7-3-4-8-15(14)21)19(25(2)24-13)16-11-22-17(23-16)12-26-9-5-6-10-26;;/h3-4,7-8,11H,5-6,9-10,12H2,1-2H3,(H,22,23);2*1H. The predicted molar refractivity (Wildman–Crippen MR) is 119 cm³/mol. The van der Waals surface area contributed by atoms with Gasteiger partial charge in [0.15, 0.2) is 5.78 Å². The summed E-state index contributed by atoms with van der Waals surface area (Å²) in [6, 6.07) is 7.10. The van der Waals surface area contributed by atoms with E-state index < -0.39 is 0 Å². The van der Waals surface area contributed by atoms with Crippen LogP contribution in [0, 0.1) is 6.92 Å². The van der Waals surface area contributed by atoms with Crippen molar-refractivity contribution >= 4 is 42.2 Å². The van der Waals surface area contributed by atoms with Crippen LogP contribution in [0.5, 0.6) is 0 Å². The number of nitrogens with zero attached hydrogens (tertiary/aromatic N) is 4. The number of aromatic nitrogens is 4. The van der Waals surface area contributed by atoms with E-state index in [0.29, 0.717) is 21.8 Å². The van der Waals surface area contributed by atoms with Crippen LogP contribution >= 0.6 is 36.4 Å². The Morgan fingerprint density at radius 3 is 2.59 bits per heavy atom. The summed E-state index contributed by atoms with van der Waals surface area (Å²) in [7, 11) is 1.84. The molecule has 29 heavy (non-hydrogen) atoms. The SMILES string of the molecule is Cc1nn(C)c(-c2cnc(CN3CCCC3)[nH]2)c1C(=O)c1ccccc1Cl.Cl.Cl. The van der Waals surface area contributed by atoms with E-state index in [1.165, 1.54) is 12.8 Å². The molecule has 1 aliphatic rings. The Bertz CT molecular complexity index is 992. The predicted octanol–water partition coefficient (Wildman–Crippen LogP) is 4.44. The molecule has 1 N–H and O–H groups in total. The number of hydrogen-bond donors (Lipinski definition) is 1. The third kappa shape index (κ3) is 4.67. The van der Waals surface area contributed by atoms with Gasteiger partial charge in [-0.3, -0.25) is 14.4 Å². The van der Waals surface area contributed by atoms with Gasteiger partial charge in [-0.05, 0) is 45.0 Å². The molecule has 1 aliphatic heterocycles. The van der Waals surface area contributed by atoms with Crippen molar-refractivity contribution in [3.8, 4) is 11.4 Å². The second-order valence-electron chi connectivity index (χ2n) is 6.97. The molecule has 2 aromatic heterocycles. The quantitative estimate of drug-likeness (QED) is 0.576. The largest absolute Gasteiger partial charge is 0.340 e. The molecule has 6 nitrogen and oxygen atoms in total. The van der Waals surface area contributed by atoms with Crippen molar-refractivity contribution in [1.29, 1.82) is 0 Å². The Kier molecular flexibility index (Phi) is 7.88. The summed E-state index contributed by atoms with van der Waals surface area (Å²) in [5.74, 6) is 0.777. The van der Waals surface area contributed by atoms with Crippen molar-refractivity contribution in [1.82, 2.24) is 24.6 Å². The minimum Gasteiger partial charge on any atom is -0.340 e. The molecule has 0 amide bonds. The van der Waals surface area contributed by atoms with Crippen LogP contribution in [-0.4, -0.2) is 43.5 Å². The van der Waals surface area contributed by atoms with E-state index in [9.17, 15) is 4.79 Å². The molecular formula is C20H24Cl3N5O. The van der Waals surface area contributed by atoms with E-state index in [1.54, 1.807) is 23.0 Å². The van der Waals surface area contributed by atoms with Gasteiger partial charge in [0.25, 0.3) is 0 Å². The molecule has 1 fully saturated rings. The molecule has 0 saturated carbocycles. The molecule has 156 valence electrons. The summed E-state index contributed by atoms with van der Waals surface area (Å²) in [4.78, 5) is 23.5. The molecule has 1 saturated heterocycles. The first-order valence-electron chi connectivity index (χ1n) is 9.14. The van der Waals surface area contributed by atoms with Crippen LogP contribution in [0.25, 0.3) is 11.4 Å². The van der Waals surface area contributed by atoms with Gasteiger partial charge in [0.05, 0.1) is 40.4 Å². The molecule has 0 bridgehead atoms. The topological polar surface area (TPSA) is 66.8 Å². The average molecular weight is 457 g/mol. The van der Waals surface area contributed by atoms with Crippen LogP contribution in [-0.2, 0) is 13.6 Å². The monoisotopic (exact) mass is 455 g/mol. The minimum atomic E-state index is -0.128. The van der Waals surface area contributed by atoms with Crippen LogP contribution in [0.3, 0.4) is 0 Å². The van der Waals surface area contributed by atoms with Crippen molar-refractivity contribution < 1.29 is 4.79 Å². The number of H-pyrrole nitrogens is 1. The highest BCUT2D eigenvalue weighted by atomic mass is 35.5. The van der Waals surface area contributed by atoms with Crippen molar-refractivity contribution in [3.63, 3.8) is 0 Å². The molecule has 0 atom stereocenters. The smallest absolute Gasteiger partial charge is 0.198 e. The van der Waals surface area contributed by atoms with Crippen molar-refractivity contribution in [2.45, 2.75) is 26.3 Å². The highest BCUT2D eigenvalue weighted by Crippen LogP contribution is 2.29. The zero-order chi connectivity index (χ0) is 19.0. The number of imidazole rings is 1. The first kappa shape index (κ1) is 23.4. The van der Waals surface area contributed by atoms with Crippen molar-refractivity contribution in [2.75, 3.05) is 13.1 Å². The number of aryl methyl sites for hydroxylation is 2. The Balaban J connectivity index is 0.00000150. The van der Waals surface area contributed by atoms with E-state index in [4.69, 9.17) is 11.6 Å². The summed E-state index contributed by atoms with van der Waals surface area (Å²) in [6.45, 7) is 4.86. The van der Waals surface area contributed by atoms with Crippen LogP contribution in [0.15, 0.2) is 30.5 Å². The first-order chi connectivity index (χ1) is 13.0. The molecule has 9 heteroatoms. The number of rotatable bonds is 5. The number of halogens is 3. The van der Waals surface area contributed by atoms with E-state index in [0.717, 1.165) is 36.8 Å². The summed E-state index contributed by atoms with van der Waals surface area (Å²) >= 11 is 6.25. The zero-order valence-electron chi connectivity index (χ0n) is 16.3. The average Bonchev–Trinajstić information content (AvgIpc) is 3.36. The van der Waals surface area contributed by atoms with Gasteiger partial charge in [0, 0.05) is 12.6 Å². The fourth-order valence-corrected chi connectivity index (χ4v) is 3.96. The molecule has 4 rings (SSSR count). The number of ketones is 1. The van der Waals surface area contributed by atoms with Crippen LogP contribution < -0.4 is 0 Å². The summed E-state index contributed by atoms with van der Waals surface area (Å²) in [5.41, 5.74) is 3.24. The van der Waals surface area contributed by atoms with Gasteiger partial charge in [-0.15, -0.1) is 24.8 Å². The Labute approximate surface area is 187 Å². The molecule has 0 spiro atoms. The van der Waals surface area contributed by atoms with E-state index in [-0.39, 0.29) is 30.6 Å². The van der Waals surface area contributed by atoms with E-state index >= 15 is 0 Å². The third-order valence-electron chi connectivity index (χ3n) is 5.02. The number of nitrogens with one attached hydrogen (secondary N) is 1. The van der Waals surface area contributed by atoms with Gasteiger partial charge in [-0.25, -0.2) is 4.98 Å². The highest BCUT2D eigenvalue weighted by molar-refractivity contribution is 6.35. The fourth-order valence-electron chi connectivity index (χ4n) is 3.73. The lowest BCUT2D eigenvalue weighted by atomic mass is 10.00. The summed E-state index contributed by atoms with van der Waals surface area (Å²) < 4.78 is 1.73. The van der Waals surface area contributed by atoms with Gasteiger partial charge in [0.2, 0.25) is 0 Å². The maximum absolute atomic E-state index is 13.2. The van der Waals surface area contributed by atoms with Gasteiger partial charge < -0.3 is 4.98 Å². The van der Waals surface area contributed by atoms with Gasteiger partial charge in [0.1, 0.15) is 5.82 Å². The molecule has 0 unspecified atom stereocenters. The van der Waals surface area contributed by atoms with E-state index in [2.05, 4.69) is 20.0 Å². The number of benzene rings is 1. The van der Waals surface area contributed by atoms with Crippen molar-refractivity contribution in [2.24, 2.45) is 7.05 Å². The van der Waals surface area contributed by atoms with Crippen LogP contribution in [0.1, 0.15) is 40.3 Å². The highest BCUT2D eigenvalue weighted by Gasteiger charge is 2.25. The normalized spacial score (nSPS) is 13.8. The maximum atomic E-state index is 13.2. The van der Waals surface area contributed by atoms with Crippen LogP contribution in [0.4, 0.5) is 0 Å². The van der Waals surface area contributed by atoms with Gasteiger partial charge >= 0.3 is 0 Å². The third-order valence-corrected chi connectivity index (χ3v) is 5.35. The maximum Gasteiger partial charge on any atom is 0.198 e. The summed E-state index contributed by atoms with van der Waals surface area (Å²) in [6.07, 6.45) is 4.27. The number of aromatic amines is 1.